The van der Waals surface area contributed by atoms with Crippen LogP contribution in [0.2, 0.25) is 0 Å². The summed E-state index contributed by atoms with van der Waals surface area (Å²) >= 11 is 0. The molecule has 0 aliphatic rings. The number of nitrogens with one attached hydrogen (secondary N) is 1. The third kappa shape index (κ3) is 3.90. The van der Waals surface area contributed by atoms with Crippen molar-refractivity contribution in [3.05, 3.63) is 60.7 Å². The third-order valence-electron chi connectivity index (χ3n) is 4.04. The van der Waals surface area contributed by atoms with Crippen molar-refractivity contribution in [2.24, 2.45) is 5.92 Å². The van der Waals surface area contributed by atoms with Gasteiger partial charge in [-0.15, -0.1) is 0 Å². The van der Waals surface area contributed by atoms with Gasteiger partial charge in [0.05, 0.1) is 0 Å². The molecule has 122 valence electrons. The Labute approximate surface area is 137 Å². The van der Waals surface area contributed by atoms with Crippen LogP contribution in [0.4, 0.5) is 0 Å². The molecular weight excluding hydrogens is 309 g/mol. The quantitative estimate of drug-likeness (QED) is 0.766. The lowest BCUT2D eigenvalue weighted by Gasteiger charge is -2.27. The van der Waals surface area contributed by atoms with E-state index in [2.05, 4.69) is 5.09 Å². The van der Waals surface area contributed by atoms with Gasteiger partial charge in [0.2, 0.25) is 7.29 Å². The van der Waals surface area contributed by atoms with Crippen molar-refractivity contribution in [3.8, 4) is 0 Å². The topological polar surface area (TPSA) is 66.4 Å². The van der Waals surface area contributed by atoms with Crippen LogP contribution in [0.3, 0.4) is 0 Å². The average molecular weight is 331 g/mol. The highest BCUT2D eigenvalue weighted by atomic mass is 31.2. The molecule has 0 radical (unpaired) electrons. The second kappa shape index (κ2) is 7.58. The standard InChI is InChI=1S/C18H22NO3P/c1-3-14(2)17(18(20)21)19-23(22,15-10-6-4-7-11-15)16-12-8-5-9-13-16/h4-14,17H,3H2,1-2H3,(H,19,22)(H,20,21)/t14-,17-/m0/s1. The minimum Gasteiger partial charge on any atom is -0.480 e. The number of hydrogen-bond donors (Lipinski definition) is 2. The zero-order valence-corrected chi connectivity index (χ0v) is 14.2. The van der Waals surface area contributed by atoms with Gasteiger partial charge in [-0.05, 0) is 30.2 Å². The van der Waals surface area contributed by atoms with Crippen LogP contribution in [0.25, 0.3) is 0 Å². The molecule has 0 heterocycles. The molecule has 2 aromatic rings. The van der Waals surface area contributed by atoms with Crippen LogP contribution in [-0.4, -0.2) is 17.1 Å². The minimum absolute atomic E-state index is 0.131. The van der Waals surface area contributed by atoms with Crippen LogP contribution in [0, 0.1) is 5.92 Å². The van der Waals surface area contributed by atoms with Gasteiger partial charge in [-0.25, -0.2) is 5.09 Å². The van der Waals surface area contributed by atoms with E-state index >= 15 is 0 Å². The number of carbonyl (C=O) groups is 1. The fraction of sp³-hybridized carbons (Fsp3) is 0.278. The molecule has 0 fully saturated rings. The SMILES string of the molecule is CC[C@H](C)[C@H](NP(=O)(c1ccccc1)c1ccccc1)C(=O)O. The molecule has 0 spiro atoms. The summed E-state index contributed by atoms with van der Waals surface area (Å²) in [6.45, 7) is 3.78. The summed E-state index contributed by atoms with van der Waals surface area (Å²) in [6.07, 6.45) is 0.688. The molecule has 2 rings (SSSR count). The Kier molecular flexibility index (Phi) is 5.75. The Morgan fingerprint density at radius 2 is 1.48 bits per heavy atom. The molecule has 2 atom stereocenters. The van der Waals surface area contributed by atoms with Crippen molar-refractivity contribution < 1.29 is 14.5 Å². The van der Waals surface area contributed by atoms with Gasteiger partial charge in [0.15, 0.2) is 0 Å². The first-order valence-corrected chi connectivity index (χ1v) is 9.41. The minimum atomic E-state index is -3.23. The molecular formula is C18H22NO3P. The maximum Gasteiger partial charge on any atom is 0.321 e. The lowest BCUT2D eigenvalue weighted by atomic mass is 10.0. The van der Waals surface area contributed by atoms with Crippen LogP contribution < -0.4 is 15.7 Å². The van der Waals surface area contributed by atoms with Gasteiger partial charge in [-0.3, -0.25) is 9.36 Å². The summed E-state index contributed by atoms with van der Waals surface area (Å²) in [5.41, 5.74) is 0. The van der Waals surface area contributed by atoms with E-state index < -0.39 is 19.3 Å². The summed E-state index contributed by atoms with van der Waals surface area (Å²) in [6, 6.07) is 17.2. The maximum absolute atomic E-state index is 13.8. The molecule has 2 aromatic carbocycles. The number of rotatable bonds is 7. The largest absolute Gasteiger partial charge is 0.480 e. The van der Waals surface area contributed by atoms with Gasteiger partial charge >= 0.3 is 5.97 Å². The van der Waals surface area contributed by atoms with Crippen molar-refractivity contribution in [2.45, 2.75) is 26.3 Å². The molecule has 0 saturated heterocycles. The Balaban J connectivity index is 2.51. The van der Waals surface area contributed by atoms with Crippen LogP contribution in [0.15, 0.2) is 60.7 Å². The lowest BCUT2D eigenvalue weighted by molar-refractivity contribution is -0.140. The van der Waals surface area contributed by atoms with Crippen molar-refractivity contribution in [1.82, 2.24) is 5.09 Å². The number of carboxylic acids is 1. The second-order valence-corrected chi connectivity index (χ2v) is 8.12. The number of hydrogen-bond acceptors (Lipinski definition) is 2. The highest BCUT2D eigenvalue weighted by Gasteiger charge is 2.35. The van der Waals surface area contributed by atoms with Crippen molar-refractivity contribution >= 4 is 23.9 Å². The molecule has 0 bridgehead atoms. The fourth-order valence-electron chi connectivity index (χ4n) is 2.43. The molecule has 4 nitrogen and oxygen atoms in total. The van der Waals surface area contributed by atoms with Crippen LogP contribution >= 0.6 is 7.29 Å². The van der Waals surface area contributed by atoms with Gasteiger partial charge in [0.1, 0.15) is 6.04 Å². The summed E-state index contributed by atoms with van der Waals surface area (Å²) < 4.78 is 13.8. The van der Waals surface area contributed by atoms with Gasteiger partial charge in [-0.1, -0.05) is 56.7 Å². The van der Waals surface area contributed by atoms with Gasteiger partial charge < -0.3 is 5.11 Å². The Morgan fingerprint density at radius 1 is 1.04 bits per heavy atom. The van der Waals surface area contributed by atoms with E-state index in [0.29, 0.717) is 17.0 Å². The average Bonchev–Trinajstić information content (AvgIpc) is 2.60. The molecule has 0 saturated carbocycles. The number of benzene rings is 2. The monoisotopic (exact) mass is 331 g/mol. The number of aliphatic carboxylic acids is 1. The van der Waals surface area contributed by atoms with E-state index in [1.807, 2.05) is 50.2 Å². The first-order valence-electron chi connectivity index (χ1n) is 7.71. The van der Waals surface area contributed by atoms with Gasteiger partial charge in [0.25, 0.3) is 0 Å². The maximum atomic E-state index is 13.8. The van der Waals surface area contributed by atoms with Crippen molar-refractivity contribution in [3.63, 3.8) is 0 Å². The molecule has 5 heteroatoms. The first-order chi connectivity index (χ1) is 11.0. The Morgan fingerprint density at radius 3 is 1.83 bits per heavy atom. The highest BCUT2D eigenvalue weighted by molar-refractivity contribution is 7.77. The Bertz CT molecular complexity index is 644. The molecule has 0 aliphatic heterocycles. The summed E-state index contributed by atoms with van der Waals surface area (Å²) in [5.74, 6) is -1.11. The van der Waals surface area contributed by atoms with Crippen molar-refractivity contribution in [2.75, 3.05) is 0 Å². The molecule has 0 unspecified atom stereocenters. The van der Waals surface area contributed by atoms with Crippen LogP contribution in [0.5, 0.6) is 0 Å². The number of carboxylic acid groups (broad SMARTS) is 1. The predicted molar refractivity (Wildman–Crippen MR) is 93.8 cm³/mol. The van der Waals surface area contributed by atoms with E-state index in [4.69, 9.17) is 0 Å². The van der Waals surface area contributed by atoms with E-state index in [1.54, 1.807) is 24.3 Å². The van der Waals surface area contributed by atoms with Crippen LogP contribution in [-0.2, 0) is 9.36 Å². The lowest BCUT2D eigenvalue weighted by Crippen LogP contribution is -2.43. The zero-order valence-electron chi connectivity index (χ0n) is 13.3. The Hall–Kier alpha value is -1.90. The molecule has 2 N–H and O–H groups in total. The molecule has 0 aliphatic carbocycles. The second-order valence-electron chi connectivity index (χ2n) is 5.61. The van der Waals surface area contributed by atoms with Crippen LogP contribution in [0.1, 0.15) is 20.3 Å². The van der Waals surface area contributed by atoms with Gasteiger partial charge in [-0.2, -0.15) is 0 Å². The van der Waals surface area contributed by atoms with E-state index in [1.165, 1.54) is 0 Å². The predicted octanol–water partition coefficient (Wildman–Crippen LogP) is 3.00. The molecule has 0 amide bonds. The van der Waals surface area contributed by atoms with Crippen molar-refractivity contribution in [1.29, 1.82) is 0 Å². The highest BCUT2D eigenvalue weighted by Crippen LogP contribution is 2.40. The normalized spacial score (nSPS) is 14.2. The van der Waals surface area contributed by atoms with E-state index in [-0.39, 0.29) is 5.92 Å². The fourth-order valence-corrected chi connectivity index (χ4v) is 4.97. The smallest absolute Gasteiger partial charge is 0.321 e. The zero-order chi connectivity index (χ0) is 16.9. The first kappa shape index (κ1) is 17.5. The van der Waals surface area contributed by atoms with Gasteiger partial charge in [0, 0.05) is 10.6 Å². The molecule has 23 heavy (non-hydrogen) atoms. The third-order valence-corrected chi connectivity index (χ3v) is 6.73. The van der Waals surface area contributed by atoms with E-state index in [0.717, 1.165) is 0 Å². The van der Waals surface area contributed by atoms with E-state index in [9.17, 15) is 14.5 Å². The molecule has 0 aromatic heterocycles. The summed E-state index contributed by atoms with van der Waals surface area (Å²) in [7, 11) is -3.23. The summed E-state index contributed by atoms with van der Waals surface area (Å²) in [5, 5.41) is 13.7. The summed E-state index contributed by atoms with van der Waals surface area (Å²) in [4.78, 5) is 11.7.